The van der Waals surface area contributed by atoms with Crippen molar-refractivity contribution in [1.29, 1.82) is 0 Å². The molecule has 1 aromatic carbocycles. The number of rotatable bonds is 5. The number of benzene rings is 1. The predicted octanol–water partition coefficient (Wildman–Crippen LogP) is 4.61. The molecule has 0 radical (unpaired) electrons. The molecule has 1 aromatic rings. The van der Waals surface area contributed by atoms with Crippen LogP contribution in [-0.2, 0) is 0 Å². The molecule has 0 saturated heterocycles. The largest absolute Gasteiger partial charge is 0.0984 e. The quantitative estimate of drug-likeness (QED) is 0.606. The molecule has 15 heavy (non-hydrogen) atoms. The van der Waals surface area contributed by atoms with E-state index in [0.717, 1.165) is 6.42 Å². The molecule has 0 bridgehead atoms. The van der Waals surface area contributed by atoms with Crippen molar-refractivity contribution >= 4 is 5.57 Å². The summed E-state index contributed by atoms with van der Waals surface area (Å²) < 4.78 is 0. The summed E-state index contributed by atoms with van der Waals surface area (Å²) in [7, 11) is 0. The molecule has 0 fully saturated rings. The van der Waals surface area contributed by atoms with Crippen molar-refractivity contribution in [3.05, 3.63) is 66.8 Å². The van der Waals surface area contributed by atoms with Gasteiger partial charge in [0.2, 0.25) is 0 Å². The van der Waals surface area contributed by atoms with E-state index in [4.69, 9.17) is 0 Å². The van der Waals surface area contributed by atoms with E-state index < -0.39 is 0 Å². The first kappa shape index (κ1) is 11.5. The first-order chi connectivity index (χ1) is 7.38. The Balaban J connectivity index is 2.76. The van der Waals surface area contributed by atoms with Gasteiger partial charge in [-0.25, -0.2) is 0 Å². The summed E-state index contributed by atoms with van der Waals surface area (Å²) >= 11 is 0. The lowest BCUT2D eigenvalue weighted by Crippen LogP contribution is -1.77. The molecule has 0 atom stereocenters. The lowest BCUT2D eigenvalue weighted by atomic mass is 10.1. The van der Waals surface area contributed by atoms with E-state index in [1.54, 1.807) is 0 Å². The van der Waals surface area contributed by atoms with E-state index >= 15 is 0 Å². The van der Waals surface area contributed by atoms with Gasteiger partial charge in [0.05, 0.1) is 0 Å². The third kappa shape index (κ3) is 3.99. The van der Waals surface area contributed by atoms with Gasteiger partial charge in [0, 0.05) is 0 Å². The minimum atomic E-state index is 1.13. The molecule has 0 aromatic heterocycles. The number of allylic oxidation sites excluding steroid dienone is 5. The monoisotopic (exact) mass is 198 g/mol. The van der Waals surface area contributed by atoms with Crippen molar-refractivity contribution in [3.8, 4) is 0 Å². The standard InChI is InChI=1S/C15H18/c1-3-5-6-8-11-14(4-2)15-12-9-7-10-13-15/h4,6-13H,2-3,5H2,1H3/b8-6+,14-11-. The van der Waals surface area contributed by atoms with E-state index in [2.05, 4.69) is 43.9 Å². The predicted molar refractivity (Wildman–Crippen MR) is 68.7 cm³/mol. The SMILES string of the molecule is C=C/C(=C/C=C/CCC)c1ccccc1. The van der Waals surface area contributed by atoms with Crippen LogP contribution in [0.1, 0.15) is 25.3 Å². The summed E-state index contributed by atoms with van der Waals surface area (Å²) in [5, 5.41) is 0. The highest BCUT2D eigenvalue weighted by atomic mass is 14.0. The molecule has 0 saturated carbocycles. The van der Waals surface area contributed by atoms with E-state index in [1.165, 1.54) is 17.6 Å². The van der Waals surface area contributed by atoms with Crippen LogP contribution in [0.3, 0.4) is 0 Å². The Kier molecular flexibility index (Phi) is 5.24. The smallest absolute Gasteiger partial charge is 0.0184 e. The molecule has 78 valence electrons. The zero-order valence-corrected chi connectivity index (χ0v) is 9.32. The van der Waals surface area contributed by atoms with E-state index in [0.29, 0.717) is 0 Å². The average Bonchev–Trinajstić information content (AvgIpc) is 2.30. The zero-order chi connectivity index (χ0) is 10.9. The third-order valence-corrected chi connectivity index (χ3v) is 2.19. The van der Waals surface area contributed by atoms with Gasteiger partial charge in [-0.2, -0.15) is 0 Å². The summed E-state index contributed by atoms with van der Waals surface area (Å²) in [6, 6.07) is 10.3. The fourth-order valence-corrected chi connectivity index (χ4v) is 1.35. The summed E-state index contributed by atoms with van der Waals surface area (Å²) in [6.45, 7) is 6.01. The first-order valence-electron chi connectivity index (χ1n) is 5.43. The van der Waals surface area contributed by atoms with Crippen molar-refractivity contribution < 1.29 is 0 Å². The van der Waals surface area contributed by atoms with E-state index in [9.17, 15) is 0 Å². The summed E-state index contributed by atoms with van der Waals surface area (Å²) in [6.07, 6.45) is 10.6. The zero-order valence-electron chi connectivity index (χ0n) is 9.32. The third-order valence-electron chi connectivity index (χ3n) is 2.19. The van der Waals surface area contributed by atoms with Crippen LogP contribution in [-0.4, -0.2) is 0 Å². The van der Waals surface area contributed by atoms with Crippen LogP contribution < -0.4 is 0 Å². The Morgan fingerprint density at radius 3 is 2.60 bits per heavy atom. The van der Waals surface area contributed by atoms with Crippen molar-refractivity contribution in [3.63, 3.8) is 0 Å². The van der Waals surface area contributed by atoms with Crippen LogP contribution in [0.2, 0.25) is 0 Å². The van der Waals surface area contributed by atoms with Gasteiger partial charge in [0.1, 0.15) is 0 Å². The van der Waals surface area contributed by atoms with Gasteiger partial charge in [-0.05, 0) is 17.6 Å². The highest BCUT2D eigenvalue weighted by molar-refractivity contribution is 5.74. The highest BCUT2D eigenvalue weighted by Crippen LogP contribution is 2.14. The lowest BCUT2D eigenvalue weighted by molar-refractivity contribution is 0.959. The van der Waals surface area contributed by atoms with Crippen LogP contribution in [0.4, 0.5) is 0 Å². The van der Waals surface area contributed by atoms with Crippen LogP contribution in [0.15, 0.2) is 61.2 Å². The highest BCUT2D eigenvalue weighted by Gasteiger charge is 1.92. The topological polar surface area (TPSA) is 0 Å². The normalized spacial score (nSPS) is 11.9. The van der Waals surface area contributed by atoms with Crippen LogP contribution in [0.5, 0.6) is 0 Å². The molecule has 1 rings (SSSR count). The van der Waals surface area contributed by atoms with Gasteiger partial charge in [0.15, 0.2) is 0 Å². The van der Waals surface area contributed by atoms with Crippen molar-refractivity contribution in [2.75, 3.05) is 0 Å². The molecular formula is C15H18. The number of unbranched alkanes of at least 4 members (excludes halogenated alkanes) is 1. The van der Waals surface area contributed by atoms with Crippen molar-refractivity contribution in [2.24, 2.45) is 0 Å². The van der Waals surface area contributed by atoms with Gasteiger partial charge < -0.3 is 0 Å². The van der Waals surface area contributed by atoms with E-state index in [-0.39, 0.29) is 0 Å². The second-order valence-electron chi connectivity index (χ2n) is 3.41. The molecule has 0 heterocycles. The fraction of sp³-hybridized carbons (Fsp3) is 0.200. The molecular weight excluding hydrogens is 180 g/mol. The van der Waals surface area contributed by atoms with Gasteiger partial charge in [-0.15, -0.1) is 0 Å². The Bertz CT molecular complexity index is 342. The maximum absolute atomic E-state index is 3.83. The molecule has 0 amide bonds. The molecule has 0 N–H and O–H groups in total. The van der Waals surface area contributed by atoms with Crippen LogP contribution >= 0.6 is 0 Å². The van der Waals surface area contributed by atoms with Gasteiger partial charge in [0.25, 0.3) is 0 Å². The Labute approximate surface area is 92.6 Å². The number of hydrogen-bond donors (Lipinski definition) is 0. The van der Waals surface area contributed by atoms with Crippen LogP contribution in [0.25, 0.3) is 5.57 Å². The summed E-state index contributed by atoms with van der Waals surface area (Å²) in [4.78, 5) is 0. The second-order valence-corrected chi connectivity index (χ2v) is 3.41. The molecule has 0 heteroatoms. The molecule has 0 aliphatic rings. The van der Waals surface area contributed by atoms with Crippen LogP contribution in [0, 0.1) is 0 Å². The fourth-order valence-electron chi connectivity index (χ4n) is 1.35. The molecule has 0 aliphatic carbocycles. The van der Waals surface area contributed by atoms with E-state index in [1.807, 2.05) is 24.3 Å². The minimum absolute atomic E-state index is 1.13. The Morgan fingerprint density at radius 1 is 1.27 bits per heavy atom. The first-order valence-corrected chi connectivity index (χ1v) is 5.43. The summed E-state index contributed by atoms with van der Waals surface area (Å²) in [5.41, 5.74) is 2.39. The maximum atomic E-state index is 3.83. The molecule has 0 aliphatic heterocycles. The van der Waals surface area contributed by atoms with Gasteiger partial charge in [-0.1, -0.05) is 74.6 Å². The molecule has 0 nitrogen and oxygen atoms in total. The van der Waals surface area contributed by atoms with Gasteiger partial charge >= 0.3 is 0 Å². The van der Waals surface area contributed by atoms with Crippen molar-refractivity contribution in [1.82, 2.24) is 0 Å². The van der Waals surface area contributed by atoms with Gasteiger partial charge in [-0.3, -0.25) is 0 Å². The lowest BCUT2D eigenvalue weighted by Gasteiger charge is -1.99. The van der Waals surface area contributed by atoms with Crippen molar-refractivity contribution in [2.45, 2.75) is 19.8 Å². The molecule has 0 unspecified atom stereocenters. The Hall–Kier alpha value is -1.56. The Morgan fingerprint density at radius 2 is 2.00 bits per heavy atom. The minimum Gasteiger partial charge on any atom is -0.0984 e. The maximum Gasteiger partial charge on any atom is -0.0184 e. The second kappa shape index (κ2) is 6.83. The summed E-state index contributed by atoms with van der Waals surface area (Å²) in [5.74, 6) is 0. The average molecular weight is 198 g/mol. The molecule has 0 spiro atoms. The number of hydrogen-bond acceptors (Lipinski definition) is 0.